The van der Waals surface area contributed by atoms with Crippen LogP contribution in [0.3, 0.4) is 0 Å². The van der Waals surface area contributed by atoms with E-state index in [-0.39, 0.29) is 0 Å². The molecule has 0 aliphatic rings. The van der Waals surface area contributed by atoms with Gasteiger partial charge in [0.05, 0.1) is 0 Å². The molecule has 0 amide bonds. The Morgan fingerprint density at radius 1 is 0.522 bits per heavy atom. The number of hydrogen-bond donors (Lipinski definition) is 0. The maximum Gasteiger partial charge on any atom is -0.0348 e. The van der Waals surface area contributed by atoms with Crippen LogP contribution in [0.15, 0.2) is 12.2 Å². The van der Waals surface area contributed by atoms with Crippen LogP contribution in [-0.4, -0.2) is 0 Å². The van der Waals surface area contributed by atoms with Crippen molar-refractivity contribution in [3.63, 3.8) is 0 Å². The lowest BCUT2D eigenvalue weighted by Gasteiger charge is -2.13. The largest absolute Gasteiger partial charge is 0.0885 e. The van der Waals surface area contributed by atoms with Gasteiger partial charge in [-0.3, -0.25) is 0 Å². The highest BCUT2D eigenvalue weighted by molar-refractivity contribution is 4.82. The first kappa shape index (κ1) is 22.7. The van der Waals surface area contributed by atoms with Gasteiger partial charge in [0.2, 0.25) is 0 Å². The van der Waals surface area contributed by atoms with E-state index in [1.807, 2.05) is 0 Å². The smallest absolute Gasteiger partial charge is 0.0348 e. The highest BCUT2D eigenvalue weighted by Crippen LogP contribution is 2.20. The predicted octanol–water partition coefficient (Wildman–Crippen LogP) is 8.85. The summed E-state index contributed by atoms with van der Waals surface area (Å²) in [5, 5.41) is 0. The quantitative estimate of drug-likeness (QED) is 0.174. The van der Waals surface area contributed by atoms with Crippen molar-refractivity contribution in [2.45, 2.75) is 130 Å². The van der Waals surface area contributed by atoms with Crippen LogP contribution in [0.5, 0.6) is 0 Å². The van der Waals surface area contributed by atoms with Gasteiger partial charge in [-0.2, -0.15) is 0 Å². The zero-order valence-electron chi connectivity index (χ0n) is 16.8. The molecular formula is C23H46. The van der Waals surface area contributed by atoms with Crippen LogP contribution >= 0.6 is 0 Å². The van der Waals surface area contributed by atoms with Crippen molar-refractivity contribution >= 4 is 0 Å². The summed E-state index contributed by atoms with van der Waals surface area (Å²) in [5.74, 6) is 0.972. The molecule has 0 saturated carbocycles. The molecule has 0 radical (unpaired) electrons. The summed E-state index contributed by atoms with van der Waals surface area (Å²) in [6, 6.07) is 0. The van der Waals surface area contributed by atoms with Crippen LogP contribution in [-0.2, 0) is 0 Å². The Labute approximate surface area is 148 Å². The first-order valence-corrected chi connectivity index (χ1v) is 11.0. The average Bonchev–Trinajstić information content (AvgIpc) is 2.57. The summed E-state index contributed by atoms with van der Waals surface area (Å²) in [6.07, 6.45) is 28.9. The predicted molar refractivity (Wildman–Crippen MR) is 108 cm³/mol. The van der Waals surface area contributed by atoms with Gasteiger partial charge in [0.25, 0.3) is 0 Å². The van der Waals surface area contributed by atoms with Gasteiger partial charge >= 0.3 is 0 Å². The standard InChI is InChI=1S/C23H46/c1-4-7-9-11-13-15-17-19-21-23(6-3)22-20-18-16-14-12-10-8-5-2/h15,17,23H,4-14,16,18-22H2,1-3H3. The van der Waals surface area contributed by atoms with Gasteiger partial charge in [0.1, 0.15) is 0 Å². The zero-order valence-corrected chi connectivity index (χ0v) is 16.8. The lowest BCUT2D eigenvalue weighted by Crippen LogP contribution is -1.98. The Kier molecular flexibility index (Phi) is 19.6. The minimum Gasteiger partial charge on any atom is -0.0885 e. The second-order valence-corrected chi connectivity index (χ2v) is 7.44. The molecule has 0 fully saturated rings. The van der Waals surface area contributed by atoms with E-state index in [4.69, 9.17) is 0 Å². The number of hydrogen-bond acceptors (Lipinski definition) is 0. The molecule has 1 unspecified atom stereocenters. The van der Waals surface area contributed by atoms with Gasteiger partial charge in [-0.15, -0.1) is 0 Å². The molecule has 138 valence electrons. The third kappa shape index (κ3) is 17.9. The van der Waals surface area contributed by atoms with E-state index in [1.165, 1.54) is 109 Å². The minimum atomic E-state index is 0.972. The van der Waals surface area contributed by atoms with Gasteiger partial charge < -0.3 is 0 Å². The Morgan fingerprint density at radius 3 is 1.65 bits per heavy atom. The maximum atomic E-state index is 2.45. The van der Waals surface area contributed by atoms with Crippen LogP contribution in [0.25, 0.3) is 0 Å². The Bertz CT molecular complexity index is 228. The summed E-state index contributed by atoms with van der Waals surface area (Å²) in [7, 11) is 0. The van der Waals surface area contributed by atoms with E-state index in [1.54, 1.807) is 0 Å². The molecule has 0 aromatic carbocycles. The molecule has 0 bridgehead atoms. The fraction of sp³-hybridized carbons (Fsp3) is 0.913. The van der Waals surface area contributed by atoms with Crippen molar-refractivity contribution in [2.75, 3.05) is 0 Å². The summed E-state index contributed by atoms with van der Waals surface area (Å²) in [6.45, 7) is 6.96. The van der Waals surface area contributed by atoms with Gasteiger partial charge in [-0.05, 0) is 31.6 Å². The van der Waals surface area contributed by atoms with E-state index >= 15 is 0 Å². The molecule has 0 aromatic heterocycles. The summed E-state index contributed by atoms with van der Waals surface area (Å²) >= 11 is 0. The normalized spacial score (nSPS) is 13.0. The minimum absolute atomic E-state index is 0.972. The SMILES string of the molecule is CCCCCCC=CCCC(CC)CCCCCCCCCC. The van der Waals surface area contributed by atoms with Gasteiger partial charge in [0.15, 0.2) is 0 Å². The molecule has 0 rings (SSSR count). The van der Waals surface area contributed by atoms with Crippen LogP contribution in [0.2, 0.25) is 0 Å². The second-order valence-electron chi connectivity index (χ2n) is 7.44. The number of allylic oxidation sites excluding steroid dienone is 2. The maximum absolute atomic E-state index is 2.45. The van der Waals surface area contributed by atoms with Crippen LogP contribution < -0.4 is 0 Å². The summed E-state index contributed by atoms with van der Waals surface area (Å²) < 4.78 is 0. The molecule has 1 atom stereocenters. The Morgan fingerprint density at radius 2 is 1.04 bits per heavy atom. The molecule has 23 heavy (non-hydrogen) atoms. The first-order chi connectivity index (χ1) is 11.3. The fourth-order valence-corrected chi connectivity index (χ4v) is 3.38. The lowest BCUT2D eigenvalue weighted by atomic mass is 9.93. The summed E-state index contributed by atoms with van der Waals surface area (Å²) in [5.41, 5.74) is 0. The fourth-order valence-electron chi connectivity index (χ4n) is 3.38. The molecule has 0 aliphatic heterocycles. The average molecular weight is 323 g/mol. The highest BCUT2D eigenvalue weighted by Gasteiger charge is 2.04. The van der Waals surface area contributed by atoms with Crippen LogP contribution in [0.1, 0.15) is 130 Å². The molecule has 0 aromatic rings. The molecule has 0 spiro atoms. The van der Waals surface area contributed by atoms with E-state index in [0.29, 0.717) is 0 Å². The van der Waals surface area contributed by atoms with Crippen molar-refractivity contribution < 1.29 is 0 Å². The molecule has 0 saturated heterocycles. The first-order valence-electron chi connectivity index (χ1n) is 11.0. The topological polar surface area (TPSA) is 0 Å². The van der Waals surface area contributed by atoms with Crippen LogP contribution in [0, 0.1) is 5.92 Å². The molecule has 0 N–H and O–H groups in total. The van der Waals surface area contributed by atoms with Crippen molar-refractivity contribution in [1.82, 2.24) is 0 Å². The lowest BCUT2D eigenvalue weighted by molar-refractivity contribution is 0.414. The number of rotatable bonds is 18. The molecule has 0 heterocycles. The second kappa shape index (κ2) is 19.8. The Hall–Kier alpha value is -0.260. The van der Waals surface area contributed by atoms with Crippen molar-refractivity contribution in [3.05, 3.63) is 12.2 Å². The van der Waals surface area contributed by atoms with Crippen molar-refractivity contribution in [1.29, 1.82) is 0 Å². The van der Waals surface area contributed by atoms with Gasteiger partial charge in [0, 0.05) is 0 Å². The molecule has 0 heteroatoms. The van der Waals surface area contributed by atoms with Crippen LogP contribution in [0.4, 0.5) is 0 Å². The number of unbranched alkanes of at least 4 members (excludes halogenated alkanes) is 11. The third-order valence-electron chi connectivity index (χ3n) is 5.18. The molecule has 0 nitrogen and oxygen atoms in total. The summed E-state index contributed by atoms with van der Waals surface area (Å²) in [4.78, 5) is 0. The van der Waals surface area contributed by atoms with Gasteiger partial charge in [-0.25, -0.2) is 0 Å². The third-order valence-corrected chi connectivity index (χ3v) is 5.18. The molecule has 0 aliphatic carbocycles. The van der Waals surface area contributed by atoms with E-state index in [0.717, 1.165) is 5.92 Å². The van der Waals surface area contributed by atoms with Crippen molar-refractivity contribution in [3.8, 4) is 0 Å². The highest BCUT2D eigenvalue weighted by atomic mass is 14.1. The molecular weight excluding hydrogens is 276 g/mol. The monoisotopic (exact) mass is 322 g/mol. The van der Waals surface area contributed by atoms with E-state index < -0.39 is 0 Å². The Balaban J connectivity index is 3.39. The van der Waals surface area contributed by atoms with E-state index in [2.05, 4.69) is 32.9 Å². The zero-order chi connectivity index (χ0) is 17.0. The van der Waals surface area contributed by atoms with Gasteiger partial charge in [-0.1, -0.05) is 116 Å². The van der Waals surface area contributed by atoms with E-state index in [9.17, 15) is 0 Å². The van der Waals surface area contributed by atoms with Crippen molar-refractivity contribution in [2.24, 2.45) is 5.92 Å².